The molecule has 0 saturated heterocycles. The number of aromatic nitrogens is 2. The molecule has 0 atom stereocenters. The van der Waals surface area contributed by atoms with Crippen molar-refractivity contribution in [2.24, 2.45) is 0 Å². The molecule has 0 bridgehead atoms. The van der Waals surface area contributed by atoms with Crippen LogP contribution in [0, 0.1) is 13.8 Å². The highest BCUT2D eigenvalue weighted by Gasteiger charge is 2.16. The monoisotopic (exact) mass is 284 g/mol. The molecular weight excluding hydrogens is 276 g/mol. The third-order valence-electron chi connectivity index (χ3n) is 2.25. The van der Waals surface area contributed by atoms with Crippen LogP contribution in [0.15, 0.2) is 26.8 Å². The van der Waals surface area contributed by atoms with Crippen LogP contribution < -0.4 is 0 Å². The van der Waals surface area contributed by atoms with Gasteiger partial charge >= 0.3 is 5.97 Å². The minimum absolute atomic E-state index is 0.0675. The summed E-state index contributed by atoms with van der Waals surface area (Å²) in [6.45, 7) is 3.60. The van der Waals surface area contributed by atoms with Crippen LogP contribution in [0.3, 0.4) is 0 Å². The molecule has 2 heterocycles. The van der Waals surface area contributed by atoms with Gasteiger partial charge in [0, 0.05) is 0 Å². The molecule has 0 fully saturated rings. The van der Waals surface area contributed by atoms with Gasteiger partial charge < -0.3 is 9.52 Å². The smallest absolute Gasteiger partial charge is 0.338 e. The van der Waals surface area contributed by atoms with Gasteiger partial charge in [-0.25, -0.2) is 14.8 Å². The van der Waals surface area contributed by atoms with Crippen LogP contribution in [-0.4, -0.2) is 21.0 Å². The molecular formula is C11H9ClN2O3S. The summed E-state index contributed by atoms with van der Waals surface area (Å²) in [5.74, 6) is -0.377. The number of carboxylic acid groups (broad SMARTS) is 1. The molecule has 0 aliphatic rings. The van der Waals surface area contributed by atoms with Crippen LogP contribution >= 0.6 is 23.4 Å². The quantitative estimate of drug-likeness (QED) is 0.872. The maximum absolute atomic E-state index is 11.0. The van der Waals surface area contributed by atoms with Crippen molar-refractivity contribution in [2.75, 3.05) is 0 Å². The summed E-state index contributed by atoms with van der Waals surface area (Å²) in [5.41, 5.74) is 0.828. The van der Waals surface area contributed by atoms with Crippen LogP contribution in [0.1, 0.15) is 21.8 Å². The van der Waals surface area contributed by atoms with Gasteiger partial charge in [-0.15, -0.1) is 0 Å². The third kappa shape index (κ3) is 2.65. The van der Waals surface area contributed by atoms with E-state index < -0.39 is 5.97 Å². The molecule has 0 saturated carbocycles. The zero-order valence-electron chi connectivity index (χ0n) is 9.60. The highest BCUT2D eigenvalue weighted by molar-refractivity contribution is 7.99. The normalized spacial score (nSPS) is 10.6. The Hall–Kier alpha value is -1.53. The molecule has 0 amide bonds. The average molecular weight is 285 g/mol. The summed E-state index contributed by atoms with van der Waals surface area (Å²) in [6.07, 6.45) is 0. The lowest BCUT2D eigenvalue weighted by Crippen LogP contribution is -2.00. The molecule has 0 spiro atoms. The van der Waals surface area contributed by atoms with Gasteiger partial charge in [0.15, 0.2) is 0 Å². The van der Waals surface area contributed by atoms with Gasteiger partial charge in [-0.2, -0.15) is 0 Å². The number of aromatic carboxylic acids is 1. The van der Waals surface area contributed by atoms with E-state index in [1.807, 2.05) is 6.92 Å². The number of nitrogens with zero attached hydrogens (tertiary/aromatic N) is 2. The highest BCUT2D eigenvalue weighted by Crippen LogP contribution is 2.30. The van der Waals surface area contributed by atoms with Crippen LogP contribution in [0.5, 0.6) is 0 Å². The Bertz CT molecular complexity index is 593. The lowest BCUT2D eigenvalue weighted by Gasteiger charge is -2.02. The predicted molar refractivity (Wildman–Crippen MR) is 66.3 cm³/mol. The summed E-state index contributed by atoms with van der Waals surface area (Å²) in [5, 5.41) is 9.88. The molecule has 7 heteroatoms. The van der Waals surface area contributed by atoms with E-state index in [9.17, 15) is 4.79 Å². The SMILES string of the molecule is Cc1nc(Sc2nc(Cl)ccc2C(=O)O)oc1C. The van der Waals surface area contributed by atoms with E-state index in [4.69, 9.17) is 21.1 Å². The van der Waals surface area contributed by atoms with E-state index in [0.717, 1.165) is 17.5 Å². The first-order valence-electron chi connectivity index (χ1n) is 4.99. The van der Waals surface area contributed by atoms with Gasteiger partial charge in [0.2, 0.25) is 0 Å². The van der Waals surface area contributed by atoms with E-state index in [1.54, 1.807) is 6.92 Å². The standard InChI is InChI=1S/C11H9ClN2O3S/c1-5-6(2)17-11(13-5)18-9-7(10(15)16)3-4-8(12)14-9/h3-4H,1-2H3,(H,15,16). The Labute approximate surface area is 112 Å². The molecule has 0 aliphatic heterocycles. The fourth-order valence-electron chi connectivity index (χ4n) is 1.23. The Morgan fingerprint density at radius 1 is 1.39 bits per heavy atom. The number of oxazole rings is 1. The minimum Gasteiger partial charge on any atom is -0.478 e. The number of carbonyl (C=O) groups is 1. The van der Waals surface area contributed by atoms with E-state index >= 15 is 0 Å². The van der Waals surface area contributed by atoms with Crippen LogP contribution in [0.4, 0.5) is 0 Å². The lowest BCUT2D eigenvalue weighted by molar-refractivity contribution is 0.0692. The first-order chi connectivity index (χ1) is 8.47. The van der Waals surface area contributed by atoms with E-state index in [-0.39, 0.29) is 15.7 Å². The molecule has 0 aromatic carbocycles. The Morgan fingerprint density at radius 3 is 2.67 bits per heavy atom. The third-order valence-corrected chi connectivity index (χ3v) is 3.31. The van der Waals surface area contributed by atoms with Crippen LogP contribution in [0.25, 0.3) is 0 Å². The maximum Gasteiger partial charge on any atom is 0.338 e. The van der Waals surface area contributed by atoms with Crippen molar-refractivity contribution in [3.05, 3.63) is 34.3 Å². The molecule has 2 aromatic rings. The Kier molecular flexibility index (Phi) is 3.58. The minimum atomic E-state index is -1.07. The summed E-state index contributed by atoms with van der Waals surface area (Å²) in [6, 6.07) is 2.84. The van der Waals surface area contributed by atoms with Crippen molar-refractivity contribution in [3.8, 4) is 0 Å². The number of hydrogen-bond acceptors (Lipinski definition) is 5. The first-order valence-corrected chi connectivity index (χ1v) is 6.18. The average Bonchev–Trinajstić information content (AvgIpc) is 2.57. The number of aryl methyl sites for hydroxylation is 2. The molecule has 0 aliphatic carbocycles. The van der Waals surface area contributed by atoms with Crippen LogP contribution in [0.2, 0.25) is 5.15 Å². The summed E-state index contributed by atoms with van der Waals surface area (Å²) >= 11 is 6.79. The van der Waals surface area contributed by atoms with Crippen molar-refractivity contribution in [1.29, 1.82) is 0 Å². The second-order valence-electron chi connectivity index (χ2n) is 3.52. The largest absolute Gasteiger partial charge is 0.478 e. The first kappa shape index (κ1) is 12.9. The number of rotatable bonds is 3. The number of hydrogen-bond donors (Lipinski definition) is 1. The van der Waals surface area contributed by atoms with Gasteiger partial charge in [0.05, 0.1) is 11.3 Å². The van der Waals surface area contributed by atoms with Gasteiger partial charge in [0.1, 0.15) is 15.9 Å². The molecule has 1 N–H and O–H groups in total. The zero-order chi connectivity index (χ0) is 13.3. The number of halogens is 1. The zero-order valence-corrected chi connectivity index (χ0v) is 11.2. The fraction of sp³-hybridized carbons (Fsp3) is 0.182. The van der Waals surface area contributed by atoms with Crippen molar-refractivity contribution in [3.63, 3.8) is 0 Å². The molecule has 2 rings (SSSR count). The van der Waals surface area contributed by atoms with Gasteiger partial charge in [-0.05, 0) is 37.7 Å². The van der Waals surface area contributed by atoms with Crippen molar-refractivity contribution in [2.45, 2.75) is 24.1 Å². The second-order valence-corrected chi connectivity index (χ2v) is 4.84. The second kappa shape index (κ2) is 4.99. The molecule has 18 heavy (non-hydrogen) atoms. The summed E-state index contributed by atoms with van der Waals surface area (Å²) in [4.78, 5) is 19.2. The van der Waals surface area contributed by atoms with Gasteiger partial charge in [-0.1, -0.05) is 11.6 Å². The predicted octanol–water partition coefficient (Wildman–Crippen LogP) is 3.19. The van der Waals surface area contributed by atoms with Crippen LogP contribution in [-0.2, 0) is 0 Å². The molecule has 0 unspecified atom stereocenters. The molecule has 2 aromatic heterocycles. The van der Waals surface area contributed by atoms with E-state index in [0.29, 0.717) is 11.0 Å². The van der Waals surface area contributed by atoms with Crippen molar-refractivity contribution >= 4 is 29.3 Å². The maximum atomic E-state index is 11.0. The Morgan fingerprint density at radius 2 is 2.11 bits per heavy atom. The highest BCUT2D eigenvalue weighted by atomic mass is 35.5. The fourth-order valence-corrected chi connectivity index (χ4v) is 2.35. The number of carboxylic acids is 1. The Balaban J connectivity index is 2.38. The van der Waals surface area contributed by atoms with Gasteiger partial charge in [0.25, 0.3) is 5.22 Å². The topological polar surface area (TPSA) is 76.2 Å². The van der Waals surface area contributed by atoms with E-state index in [1.165, 1.54) is 12.1 Å². The van der Waals surface area contributed by atoms with Crippen molar-refractivity contribution < 1.29 is 14.3 Å². The summed E-state index contributed by atoms with van der Waals surface area (Å²) < 4.78 is 5.37. The van der Waals surface area contributed by atoms with Gasteiger partial charge in [-0.3, -0.25) is 0 Å². The lowest BCUT2D eigenvalue weighted by atomic mass is 10.3. The molecule has 94 valence electrons. The molecule has 5 nitrogen and oxygen atoms in total. The number of pyridine rings is 1. The van der Waals surface area contributed by atoms with E-state index in [2.05, 4.69) is 9.97 Å². The molecule has 0 radical (unpaired) electrons. The summed E-state index contributed by atoms with van der Waals surface area (Å²) in [7, 11) is 0. The van der Waals surface area contributed by atoms with Crippen molar-refractivity contribution in [1.82, 2.24) is 9.97 Å².